The summed E-state index contributed by atoms with van der Waals surface area (Å²) in [5, 5.41) is 40.4. The first-order valence-corrected chi connectivity index (χ1v) is 9.34. The molecule has 0 amide bonds. The highest BCUT2D eigenvalue weighted by Gasteiger charge is 2.59. The molecule has 6 atom stereocenters. The van der Waals surface area contributed by atoms with Crippen LogP contribution >= 0.6 is 0 Å². The molecule has 140 valence electrons. The van der Waals surface area contributed by atoms with Gasteiger partial charge >= 0.3 is 0 Å². The maximum Gasteiger partial charge on any atom is 0.0978 e. The van der Waals surface area contributed by atoms with Gasteiger partial charge in [0.05, 0.1) is 24.4 Å². The lowest BCUT2D eigenvalue weighted by atomic mass is 9.44. The van der Waals surface area contributed by atoms with Gasteiger partial charge in [0, 0.05) is 0 Å². The van der Waals surface area contributed by atoms with Crippen molar-refractivity contribution in [2.45, 2.75) is 84.0 Å². The average molecular weight is 341 g/mol. The van der Waals surface area contributed by atoms with Crippen molar-refractivity contribution in [3.8, 4) is 0 Å². The van der Waals surface area contributed by atoms with Crippen molar-refractivity contribution in [2.24, 2.45) is 22.7 Å². The topological polar surface area (TPSA) is 80.9 Å². The molecule has 4 N–H and O–H groups in total. The van der Waals surface area contributed by atoms with Crippen molar-refractivity contribution in [1.82, 2.24) is 0 Å². The molecule has 0 radical (unpaired) electrons. The summed E-state index contributed by atoms with van der Waals surface area (Å²) >= 11 is 0. The first-order valence-electron chi connectivity index (χ1n) is 9.34. The molecular formula is C20H36O4. The molecule has 6 unspecified atom stereocenters. The van der Waals surface area contributed by atoms with Gasteiger partial charge in [-0.2, -0.15) is 0 Å². The molecule has 0 heterocycles. The first-order chi connectivity index (χ1) is 11.0. The molecule has 0 aromatic carbocycles. The number of hydrogen-bond donors (Lipinski definition) is 4. The van der Waals surface area contributed by atoms with Crippen LogP contribution in [0, 0.1) is 22.7 Å². The highest BCUT2D eigenvalue weighted by Crippen LogP contribution is 2.63. The third-order valence-electron chi connectivity index (χ3n) is 7.39. The fourth-order valence-corrected chi connectivity index (χ4v) is 5.78. The fraction of sp³-hybridized carbons (Fsp3) is 0.900. The van der Waals surface area contributed by atoms with Gasteiger partial charge in [0.2, 0.25) is 0 Å². The number of aliphatic hydroxyl groups excluding tert-OH is 3. The zero-order chi connectivity index (χ0) is 18.3. The molecule has 0 bridgehead atoms. The van der Waals surface area contributed by atoms with E-state index in [1.165, 1.54) is 0 Å². The zero-order valence-electron chi connectivity index (χ0n) is 15.8. The van der Waals surface area contributed by atoms with Gasteiger partial charge in [-0.1, -0.05) is 27.4 Å². The van der Waals surface area contributed by atoms with Crippen LogP contribution in [0.1, 0.15) is 66.2 Å². The van der Waals surface area contributed by atoms with E-state index in [1.807, 2.05) is 6.92 Å². The third kappa shape index (κ3) is 3.31. The maximum atomic E-state index is 11.1. The molecule has 0 saturated heterocycles. The molecule has 0 aliphatic heterocycles. The molecular weight excluding hydrogens is 304 g/mol. The van der Waals surface area contributed by atoms with E-state index in [4.69, 9.17) is 5.11 Å². The SMILES string of the molecule is C=C(CCC1C(C)(O)CCC2C(C)(C)C(O)CCC12C)C(O)CO. The van der Waals surface area contributed by atoms with Crippen molar-refractivity contribution in [3.05, 3.63) is 12.2 Å². The van der Waals surface area contributed by atoms with Crippen LogP contribution in [0.2, 0.25) is 0 Å². The Bertz CT molecular complexity index is 470. The predicted octanol–water partition coefficient (Wildman–Crippen LogP) is 2.64. The Hall–Kier alpha value is -0.420. The highest BCUT2D eigenvalue weighted by atomic mass is 16.3. The Morgan fingerprint density at radius 3 is 2.38 bits per heavy atom. The molecule has 4 heteroatoms. The van der Waals surface area contributed by atoms with Crippen LogP contribution in [0.25, 0.3) is 0 Å². The molecule has 4 nitrogen and oxygen atoms in total. The Kier molecular flexibility index (Phi) is 5.57. The maximum absolute atomic E-state index is 11.1. The second-order valence-electron chi connectivity index (χ2n) is 9.28. The Labute approximate surface area is 146 Å². The van der Waals surface area contributed by atoms with Crippen molar-refractivity contribution >= 4 is 0 Å². The normalized spacial score (nSPS) is 43.1. The molecule has 0 aromatic rings. The number of aliphatic hydroxyl groups is 4. The lowest BCUT2D eigenvalue weighted by Gasteiger charge is -2.62. The molecule has 0 spiro atoms. The van der Waals surface area contributed by atoms with Crippen LogP contribution in [-0.4, -0.2) is 44.8 Å². The summed E-state index contributed by atoms with van der Waals surface area (Å²) in [5.74, 6) is 0.466. The quantitative estimate of drug-likeness (QED) is 0.580. The summed E-state index contributed by atoms with van der Waals surface area (Å²) in [4.78, 5) is 0. The lowest BCUT2D eigenvalue weighted by molar-refractivity contribution is -0.195. The fourth-order valence-electron chi connectivity index (χ4n) is 5.78. The van der Waals surface area contributed by atoms with E-state index >= 15 is 0 Å². The monoisotopic (exact) mass is 340 g/mol. The minimum Gasteiger partial charge on any atom is -0.393 e. The smallest absolute Gasteiger partial charge is 0.0978 e. The minimum absolute atomic E-state index is 0.0328. The predicted molar refractivity (Wildman–Crippen MR) is 95.4 cm³/mol. The van der Waals surface area contributed by atoms with Gasteiger partial charge in [-0.25, -0.2) is 0 Å². The van der Waals surface area contributed by atoms with E-state index in [2.05, 4.69) is 27.4 Å². The van der Waals surface area contributed by atoms with Crippen molar-refractivity contribution in [3.63, 3.8) is 0 Å². The van der Waals surface area contributed by atoms with E-state index in [9.17, 15) is 15.3 Å². The molecule has 0 aromatic heterocycles. The van der Waals surface area contributed by atoms with Gasteiger partial charge in [-0.3, -0.25) is 0 Å². The number of fused-ring (bicyclic) bond motifs is 1. The highest BCUT2D eigenvalue weighted by molar-refractivity contribution is 5.11. The molecule has 2 fully saturated rings. The van der Waals surface area contributed by atoms with Crippen molar-refractivity contribution in [2.75, 3.05) is 6.61 Å². The van der Waals surface area contributed by atoms with Crippen LogP contribution in [0.3, 0.4) is 0 Å². The summed E-state index contributed by atoms with van der Waals surface area (Å²) in [6, 6.07) is 0. The van der Waals surface area contributed by atoms with Gasteiger partial charge in [-0.15, -0.1) is 0 Å². The van der Waals surface area contributed by atoms with Gasteiger partial charge in [0.1, 0.15) is 0 Å². The van der Waals surface area contributed by atoms with E-state index in [0.717, 1.165) is 32.1 Å². The van der Waals surface area contributed by atoms with Crippen molar-refractivity contribution < 1.29 is 20.4 Å². The largest absolute Gasteiger partial charge is 0.393 e. The second kappa shape index (κ2) is 6.71. The summed E-state index contributed by atoms with van der Waals surface area (Å²) in [6.45, 7) is 12.1. The first kappa shape index (κ1) is 19.9. The molecule has 2 saturated carbocycles. The molecule has 2 aliphatic rings. The summed E-state index contributed by atoms with van der Waals surface area (Å²) in [5.41, 5.74) is -0.291. The van der Waals surface area contributed by atoms with Crippen LogP contribution in [-0.2, 0) is 0 Å². The van der Waals surface area contributed by atoms with Crippen LogP contribution in [0.4, 0.5) is 0 Å². The number of hydrogen-bond acceptors (Lipinski definition) is 4. The Morgan fingerprint density at radius 1 is 1.17 bits per heavy atom. The third-order valence-corrected chi connectivity index (χ3v) is 7.39. The zero-order valence-corrected chi connectivity index (χ0v) is 15.8. The molecule has 24 heavy (non-hydrogen) atoms. The van der Waals surface area contributed by atoms with E-state index in [1.54, 1.807) is 0 Å². The van der Waals surface area contributed by atoms with Crippen LogP contribution < -0.4 is 0 Å². The Balaban J connectivity index is 2.24. The Morgan fingerprint density at radius 2 is 1.79 bits per heavy atom. The van der Waals surface area contributed by atoms with Gasteiger partial charge in [-0.05, 0) is 73.7 Å². The molecule has 2 rings (SSSR count). The van der Waals surface area contributed by atoms with E-state index < -0.39 is 11.7 Å². The average Bonchev–Trinajstić information content (AvgIpc) is 2.49. The second-order valence-corrected chi connectivity index (χ2v) is 9.28. The van der Waals surface area contributed by atoms with Crippen molar-refractivity contribution in [1.29, 1.82) is 0 Å². The van der Waals surface area contributed by atoms with Crippen LogP contribution in [0.15, 0.2) is 12.2 Å². The standard InChI is InChI=1S/C20H36O4/c1-13(14(22)12-21)6-7-16-19(4)10-9-17(23)18(2,3)15(19)8-11-20(16,5)24/h14-17,21-24H,1,6-12H2,2-5H3. The van der Waals surface area contributed by atoms with Crippen LogP contribution in [0.5, 0.6) is 0 Å². The van der Waals surface area contributed by atoms with E-state index in [-0.39, 0.29) is 29.5 Å². The summed E-state index contributed by atoms with van der Waals surface area (Å²) in [7, 11) is 0. The lowest BCUT2D eigenvalue weighted by Crippen LogP contribution is -2.60. The molecule has 2 aliphatic carbocycles. The summed E-state index contributed by atoms with van der Waals surface area (Å²) < 4.78 is 0. The van der Waals surface area contributed by atoms with E-state index in [0.29, 0.717) is 17.9 Å². The number of rotatable bonds is 5. The van der Waals surface area contributed by atoms with Gasteiger partial charge in [0.15, 0.2) is 0 Å². The summed E-state index contributed by atoms with van der Waals surface area (Å²) in [6.07, 6.45) is 3.55. The van der Waals surface area contributed by atoms with Gasteiger partial charge in [0.25, 0.3) is 0 Å². The minimum atomic E-state index is -0.883. The van der Waals surface area contributed by atoms with Gasteiger partial charge < -0.3 is 20.4 Å².